The lowest BCUT2D eigenvalue weighted by Gasteiger charge is -2.21. The number of ketones is 1. The van der Waals surface area contributed by atoms with Crippen LogP contribution in [0.3, 0.4) is 0 Å². The number of hydrogen-bond donors (Lipinski definition) is 1. The Morgan fingerprint density at radius 2 is 1.53 bits per heavy atom. The lowest BCUT2D eigenvalue weighted by molar-refractivity contribution is -0.110. The van der Waals surface area contributed by atoms with Crippen LogP contribution in [0, 0.1) is 0 Å². The zero-order valence-corrected chi connectivity index (χ0v) is 10.5. The summed E-state index contributed by atoms with van der Waals surface area (Å²) in [6.07, 6.45) is 0.737. The lowest BCUT2D eigenvalue weighted by atomic mass is 9.85. The highest BCUT2D eigenvalue weighted by molar-refractivity contribution is 6.12. The van der Waals surface area contributed by atoms with Crippen LogP contribution in [0.5, 0.6) is 0 Å². The van der Waals surface area contributed by atoms with Crippen LogP contribution in [0.2, 0.25) is 0 Å². The maximum Gasteiger partial charge on any atom is 0.190 e. The van der Waals surface area contributed by atoms with Gasteiger partial charge in [0, 0.05) is 12.0 Å². The summed E-state index contributed by atoms with van der Waals surface area (Å²) >= 11 is 0. The minimum absolute atomic E-state index is 0.199. The molecule has 1 atom stereocenters. The Hall–Kier alpha value is -2.26. The van der Waals surface area contributed by atoms with Gasteiger partial charge in [-0.25, -0.2) is 0 Å². The summed E-state index contributed by atoms with van der Waals surface area (Å²) in [6.45, 7) is 0. The van der Waals surface area contributed by atoms with E-state index in [1.807, 2.05) is 36.4 Å². The first-order valence-electron chi connectivity index (χ1n) is 6.05. The second-order valence-corrected chi connectivity index (χ2v) is 4.52. The molecule has 0 aliphatic heterocycles. The first-order chi connectivity index (χ1) is 9.15. The van der Waals surface area contributed by atoms with Gasteiger partial charge >= 0.3 is 0 Å². The van der Waals surface area contributed by atoms with Crippen molar-refractivity contribution in [2.24, 2.45) is 5.73 Å². The number of Topliss-reactive ketones (excluding diaryl/α,β-unsaturated/α-hetero) is 1. The molecule has 2 aromatic carbocycles. The summed E-state index contributed by atoms with van der Waals surface area (Å²) in [6, 6.07) is 17.9. The minimum atomic E-state index is -1.51. The lowest BCUT2D eigenvalue weighted by Crippen LogP contribution is -2.51. The van der Waals surface area contributed by atoms with E-state index in [1.54, 1.807) is 24.3 Å². The van der Waals surface area contributed by atoms with Crippen molar-refractivity contribution in [3.63, 3.8) is 0 Å². The van der Waals surface area contributed by atoms with E-state index in [4.69, 9.17) is 5.73 Å². The van der Waals surface area contributed by atoms with E-state index in [1.165, 1.54) is 0 Å². The number of carbonyl (C=O) groups excluding carboxylic acids is 2. The highest BCUT2D eigenvalue weighted by atomic mass is 16.1. The fraction of sp³-hybridized carbons (Fsp3) is 0.125. The van der Waals surface area contributed by atoms with Crippen LogP contribution >= 0.6 is 0 Å². The summed E-state index contributed by atoms with van der Waals surface area (Å²) in [5.74, 6) is -0.355. The van der Waals surface area contributed by atoms with Gasteiger partial charge in [-0.15, -0.1) is 0 Å². The van der Waals surface area contributed by atoms with Gasteiger partial charge in [0.25, 0.3) is 0 Å². The number of carbonyl (C=O) groups is 2. The molecule has 0 heterocycles. The maximum absolute atomic E-state index is 12.3. The van der Waals surface area contributed by atoms with Gasteiger partial charge in [0.05, 0.1) is 0 Å². The zero-order valence-electron chi connectivity index (χ0n) is 10.5. The number of nitrogens with two attached hydrogens (primary N) is 1. The molecule has 0 saturated carbocycles. The molecule has 0 spiro atoms. The molecule has 19 heavy (non-hydrogen) atoms. The highest BCUT2D eigenvalue weighted by Crippen LogP contribution is 2.15. The molecule has 0 bridgehead atoms. The number of rotatable bonds is 5. The average molecular weight is 253 g/mol. The monoisotopic (exact) mass is 253 g/mol. The SMILES string of the molecule is N[C@](C=O)(Cc1ccccc1)C(=O)c1ccccc1. The van der Waals surface area contributed by atoms with E-state index in [2.05, 4.69) is 0 Å². The second-order valence-electron chi connectivity index (χ2n) is 4.52. The third-order valence-electron chi connectivity index (χ3n) is 3.01. The van der Waals surface area contributed by atoms with E-state index in [0.29, 0.717) is 11.8 Å². The molecule has 0 aliphatic rings. The van der Waals surface area contributed by atoms with Crippen LogP contribution in [-0.4, -0.2) is 17.6 Å². The van der Waals surface area contributed by atoms with Gasteiger partial charge in [0.2, 0.25) is 0 Å². The van der Waals surface area contributed by atoms with Gasteiger partial charge in [0.15, 0.2) is 5.78 Å². The molecule has 2 N–H and O–H groups in total. The summed E-state index contributed by atoms with van der Waals surface area (Å²) in [4.78, 5) is 23.6. The van der Waals surface area contributed by atoms with Crippen molar-refractivity contribution in [2.75, 3.05) is 0 Å². The van der Waals surface area contributed by atoms with Crippen molar-refractivity contribution in [1.82, 2.24) is 0 Å². The Balaban J connectivity index is 2.28. The predicted octanol–water partition coefficient (Wildman–Crippen LogP) is 2.01. The van der Waals surface area contributed by atoms with E-state index >= 15 is 0 Å². The maximum atomic E-state index is 12.3. The summed E-state index contributed by atoms with van der Waals surface area (Å²) in [7, 11) is 0. The van der Waals surface area contributed by atoms with Gasteiger partial charge in [-0.05, 0) is 5.56 Å². The van der Waals surface area contributed by atoms with Crippen molar-refractivity contribution in [2.45, 2.75) is 12.0 Å². The van der Waals surface area contributed by atoms with Crippen molar-refractivity contribution in [1.29, 1.82) is 0 Å². The van der Waals surface area contributed by atoms with Gasteiger partial charge in [-0.1, -0.05) is 60.7 Å². The number of benzene rings is 2. The topological polar surface area (TPSA) is 60.2 Å². The fourth-order valence-electron chi connectivity index (χ4n) is 1.97. The average Bonchev–Trinajstić information content (AvgIpc) is 2.48. The normalized spacial score (nSPS) is 13.5. The molecule has 0 fully saturated rings. The van der Waals surface area contributed by atoms with Gasteiger partial charge < -0.3 is 10.5 Å². The van der Waals surface area contributed by atoms with Gasteiger partial charge in [-0.3, -0.25) is 4.79 Å². The van der Waals surface area contributed by atoms with Gasteiger partial charge in [-0.2, -0.15) is 0 Å². The molecular formula is C16H15NO2. The highest BCUT2D eigenvalue weighted by Gasteiger charge is 2.34. The Labute approximate surface area is 112 Å². The third kappa shape index (κ3) is 2.95. The zero-order chi connectivity index (χ0) is 13.7. The third-order valence-corrected chi connectivity index (χ3v) is 3.01. The van der Waals surface area contributed by atoms with Crippen molar-refractivity contribution >= 4 is 12.1 Å². The molecule has 96 valence electrons. The van der Waals surface area contributed by atoms with E-state index < -0.39 is 5.54 Å². The molecule has 0 aliphatic carbocycles. The van der Waals surface area contributed by atoms with Crippen LogP contribution in [0.25, 0.3) is 0 Å². The molecular weight excluding hydrogens is 238 g/mol. The van der Waals surface area contributed by atoms with Crippen LogP contribution in [0.4, 0.5) is 0 Å². The summed E-state index contributed by atoms with van der Waals surface area (Å²) in [5, 5.41) is 0. The molecule has 0 amide bonds. The molecule has 0 unspecified atom stereocenters. The molecule has 3 heteroatoms. The van der Waals surface area contributed by atoms with Crippen molar-refractivity contribution in [3.8, 4) is 0 Å². The Morgan fingerprint density at radius 1 is 1.00 bits per heavy atom. The fourth-order valence-corrected chi connectivity index (χ4v) is 1.97. The molecule has 0 radical (unpaired) electrons. The van der Waals surface area contributed by atoms with Crippen molar-refractivity contribution in [3.05, 3.63) is 71.8 Å². The molecule has 3 nitrogen and oxygen atoms in total. The largest absolute Gasteiger partial charge is 0.312 e. The van der Waals surface area contributed by atoms with E-state index in [0.717, 1.165) is 5.56 Å². The first-order valence-corrected chi connectivity index (χ1v) is 6.05. The first kappa shape index (κ1) is 13.2. The van der Waals surface area contributed by atoms with Crippen molar-refractivity contribution < 1.29 is 9.59 Å². The van der Waals surface area contributed by atoms with E-state index in [-0.39, 0.29) is 12.2 Å². The van der Waals surface area contributed by atoms with Crippen LogP contribution < -0.4 is 5.73 Å². The molecule has 2 aromatic rings. The van der Waals surface area contributed by atoms with Crippen LogP contribution in [0.1, 0.15) is 15.9 Å². The Bertz CT molecular complexity index is 566. The summed E-state index contributed by atoms with van der Waals surface area (Å²) in [5.41, 5.74) is 5.79. The Morgan fingerprint density at radius 3 is 2.05 bits per heavy atom. The second kappa shape index (κ2) is 5.59. The quantitative estimate of drug-likeness (QED) is 0.503. The van der Waals surface area contributed by atoms with Crippen LogP contribution in [-0.2, 0) is 11.2 Å². The molecule has 0 saturated heterocycles. The summed E-state index contributed by atoms with van der Waals surface area (Å²) < 4.78 is 0. The Kier molecular flexibility index (Phi) is 3.88. The predicted molar refractivity (Wildman–Crippen MR) is 73.9 cm³/mol. The molecule has 0 aromatic heterocycles. The number of aldehydes is 1. The van der Waals surface area contributed by atoms with Gasteiger partial charge in [0.1, 0.15) is 11.8 Å². The number of hydrogen-bond acceptors (Lipinski definition) is 3. The van der Waals surface area contributed by atoms with Crippen LogP contribution in [0.15, 0.2) is 60.7 Å². The molecule has 2 rings (SSSR count). The smallest absolute Gasteiger partial charge is 0.190 e. The standard InChI is InChI=1S/C16H15NO2/c17-16(12-18,11-13-7-3-1-4-8-13)15(19)14-9-5-2-6-10-14/h1-10,12H,11,17H2/t16-/m0/s1. The van der Waals surface area contributed by atoms with E-state index in [9.17, 15) is 9.59 Å². The minimum Gasteiger partial charge on any atom is -0.312 e.